The van der Waals surface area contributed by atoms with E-state index in [9.17, 15) is 26.4 Å². The Balaban J connectivity index is 0.000000183. The third-order valence-corrected chi connectivity index (χ3v) is 13.2. The molecule has 60 heavy (non-hydrogen) atoms. The van der Waals surface area contributed by atoms with Crippen molar-refractivity contribution >= 4 is 86.5 Å². The number of oxime groups is 1. The molecule has 2 heterocycles. The number of ketones is 2. The van der Waals surface area contributed by atoms with Crippen LogP contribution >= 0.6 is 11.3 Å². The summed E-state index contributed by atoms with van der Waals surface area (Å²) in [6.07, 6.45) is 4.44. The lowest BCUT2D eigenvalue weighted by molar-refractivity contribution is -0.119. The van der Waals surface area contributed by atoms with E-state index < -0.39 is 25.7 Å². The van der Waals surface area contributed by atoms with Gasteiger partial charge in [-0.05, 0) is 67.6 Å². The molecule has 2 aromatic heterocycles. The van der Waals surface area contributed by atoms with Crippen molar-refractivity contribution in [2.45, 2.75) is 63.2 Å². The average Bonchev–Trinajstić information content (AvgIpc) is 4.02. The number of carbonyl (C=O) groups excluding carboxylic acids is 2. The molecule has 15 heteroatoms. The first-order chi connectivity index (χ1) is 28.6. The normalized spacial score (nSPS) is 14.3. The van der Waals surface area contributed by atoms with Crippen LogP contribution in [0.25, 0.3) is 37.7 Å². The Labute approximate surface area is 351 Å². The van der Waals surface area contributed by atoms with Gasteiger partial charge < -0.3 is 8.60 Å². The number of benzene rings is 5. The molecule has 0 atom stereocenters. The van der Waals surface area contributed by atoms with Crippen molar-refractivity contribution < 1.29 is 39.3 Å². The lowest BCUT2D eigenvalue weighted by Crippen LogP contribution is -2.29. The number of aryl methyl sites for hydroxylation is 1. The number of nitrogens with zero attached hydrogens (tertiary/aromatic N) is 3. The lowest BCUT2D eigenvalue weighted by atomic mass is 9.88. The van der Waals surface area contributed by atoms with E-state index in [1.807, 2.05) is 49.4 Å². The Morgan fingerprint density at radius 2 is 1.42 bits per heavy atom. The van der Waals surface area contributed by atoms with Gasteiger partial charge in [-0.3, -0.25) is 13.9 Å². The Hall–Kier alpha value is -6.03. The number of Topliss-reactive ketones (excluding diaryl/α,β-unsaturated/α-hetero) is 2. The van der Waals surface area contributed by atoms with E-state index in [1.54, 1.807) is 69.3 Å². The first-order valence-electron chi connectivity index (χ1n) is 19.1. The van der Waals surface area contributed by atoms with Gasteiger partial charge in [-0.25, -0.2) is 9.97 Å². The summed E-state index contributed by atoms with van der Waals surface area (Å²) in [5.74, 6) is -0.669. The molecule has 7 aromatic rings. The van der Waals surface area contributed by atoms with Gasteiger partial charge in [0.05, 0.1) is 10.2 Å². The predicted octanol–water partition coefficient (Wildman–Crippen LogP) is 9.82. The molecule has 0 N–H and O–H groups in total. The SMILES string of the molecule is Cc1ccc(S(=O)(=O)O/N=C(\C(=O)C(C)(C)C)c2nc3ccc4ccccc4c3s2)cc1.O=C(/C(=C\OS(=O)(=O)c1ccccc1)c1nc2ccccc2o1)C1CCCC1. The predicted molar refractivity (Wildman–Crippen MR) is 231 cm³/mol. The first kappa shape index (κ1) is 42.1. The quantitative estimate of drug-likeness (QED) is 0.0398. The van der Waals surface area contributed by atoms with Crippen LogP contribution in [0.15, 0.2) is 141 Å². The maximum Gasteiger partial charge on any atom is 0.358 e. The first-order valence-corrected chi connectivity index (χ1v) is 22.7. The van der Waals surface area contributed by atoms with Crippen LogP contribution in [0.5, 0.6) is 0 Å². The van der Waals surface area contributed by atoms with Crippen LogP contribution in [0.3, 0.4) is 0 Å². The molecule has 1 aliphatic rings. The summed E-state index contributed by atoms with van der Waals surface area (Å²) >= 11 is 1.29. The molecule has 0 spiro atoms. The molecule has 5 aromatic carbocycles. The highest BCUT2D eigenvalue weighted by Gasteiger charge is 2.32. The monoisotopic (exact) mass is 863 g/mol. The van der Waals surface area contributed by atoms with Crippen LogP contribution in [0.4, 0.5) is 0 Å². The molecular weight excluding hydrogens is 823 g/mol. The Kier molecular flexibility index (Phi) is 12.1. The van der Waals surface area contributed by atoms with E-state index in [1.165, 1.54) is 35.6 Å². The molecule has 1 aliphatic carbocycles. The lowest BCUT2D eigenvalue weighted by Gasteiger charge is -2.16. The van der Waals surface area contributed by atoms with E-state index in [2.05, 4.69) is 15.1 Å². The highest BCUT2D eigenvalue weighted by atomic mass is 32.2. The van der Waals surface area contributed by atoms with Crippen molar-refractivity contribution in [3.05, 3.63) is 138 Å². The van der Waals surface area contributed by atoms with Crippen LogP contribution in [0, 0.1) is 18.3 Å². The summed E-state index contributed by atoms with van der Waals surface area (Å²) in [7, 11) is -8.24. The zero-order valence-electron chi connectivity index (χ0n) is 33.2. The third-order valence-electron chi connectivity index (χ3n) is 9.75. The summed E-state index contributed by atoms with van der Waals surface area (Å²) in [6, 6.07) is 32.8. The molecule has 8 rings (SSSR count). The number of aromatic nitrogens is 2. The molecule has 0 bridgehead atoms. The largest absolute Gasteiger partial charge is 0.436 e. The van der Waals surface area contributed by atoms with E-state index in [4.69, 9.17) is 12.9 Å². The van der Waals surface area contributed by atoms with Crippen molar-refractivity contribution in [3.63, 3.8) is 0 Å². The van der Waals surface area contributed by atoms with E-state index >= 15 is 0 Å². The molecule has 1 saturated carbocycles. The number of para-hydroxylation sites is 2. The number of hydrogen-bond acceptors (Lipinski definition) is 13. The highest BCUT2D eigenvalue weighted by Crippen LogP contribution is 2.34. The van der Waals surface area contributed by atoms with Crippen LogP contribution < -0.4 is 0 Å². The van der Waals surface area contributed by atoms with Crippen LogP contribution in [0.1, 0.15) is 62.9 Å². The summed E-state index contributed by atoms with van der Waals surface area (Å²) in [5.41, 5.74) is 1.86. The van der Waals surface area contributed by atoms with Gasteiger partial charge in [0.25, 0.3) is 0 Å². The van der Waals surface area contributed by atoms with Crippen LogP contribution in [0.2, 0.25) is 0 Å². The minimum atomic E-state index is -4.19. The van der Waals surface area contributed by atoms with E-state index in [0.29, 0.717) is 21.6 Å². The fraction of sp³-hybridized carbons (Fsp3) is 0.222. The van der Waals surface area contributed by atoms with Crippen LogP contribution in [-0.2, 0) is 38.3 Å². The Morgan fingerprint density at radius 1 is 0.767 bits per heavy atom. The highest BCUT2D eigenvalue weighted by molar-refractivity contribution is 7.87. The fourth-order valence-electron chi connectivity index (χ4n) is 6.49. The second kappa shape index (κ2) is 17.3. The average molecular weight is 864 g/mol. The molecule has 0 aliphatic heterocycles. The molecule has 0 unspecified atom stereocenters. The number of rotatable bonds is 11. The number of allylic oxidation sites excluding steroid dienone is 1. The standard InChI is InChI=1S/C24H22N2O4S2.C21H19NO5S/c1-15-9-12-17(13-10-15)32(28,29)30-26-20(22(27)24(2,3)4)23-25-19-14-11-16-7-5-6-8-18(16)21(19)31-23;23-20(15-8-4-5-9-15)17(21-22-18-12-6-7-13-19(18)27-21)14-26-28(24,25)16-10-2-1-3-11-16/h5-14H,1-4H3;1-3,6-7,10-15H,4-5,8-9H2/b26-20+;17-14+. The van der Waals surface area contributed by atoms with Crippen LogP contribution in [-0.4, -0.2) is 44.1 Å². The van der Waals surface area contributed by atoms with Crippen molar-refractivity contribution in [2.75, 3.05) is 0 Å². The Bertz CT molecular complexity index is 2960. The van der Waals surface area contributed by atoms with E-state index in [-0.39, 0.29) is 44.5 Å². The number of oxazole rings is 1. The van der Waals surface area contributed by atoms with Gasteiger partial charge in [-0.2, -0.15) is 16.8 Å². The molecular formula is C45H41N3O9S3. The summed E-state index contributed by atoms with van der Waals surface area (Å²) in [4.78, 5) is 35.1. The number of hydrogen-bond donors (Lipinski definition) is 0. The van der Waals surface area contributed by atoms with Crippen molar-refractivity contribution in [3.8, 4) is 0 Å². The molecule has 0 radical (unpaired) electrons. The summed E-state index contributed by atoms with van der Waals surface area (Å²) in [5, 5.41) is 6.20. The molecule has 12 nitrogen and oxygen atoms in total. The summed E-state index contributed by atoms with van der Waals surface area (Å²) < 4.78 is 66.9. The van der Waals surface area contributed by atoms with Gasteiger partial charge in [0.2, 0.25) is 5.89 Å². The third kappa shape index (κ3) is 9.38. The van der Waals surface area contributed by atoms with Gasteiger partial charge in [0, 0.05) is 16.7 Å². The number of carbonyl (C=O) groups is 2. The minimum Gasteiger partial charge on any atom is -0.436 e. The van der Waals surface area contributed by atoms with Crippen molar-refractivity contribution in [1.82, 2.24) is 9.97 Å². The number of fused-ring (bicyclic) bond motifs is 4. The molecule has 1 fully saturated rings. The second-order valence-electron chi connectivity index (χ2n) is 15.2. The fourth-order valence-corrected chi connectivity index (χ4v) is 9.12. The summed E-state index contributed by atoms with van der Waals surface area (Å²) in [6.45, 7) is 7.07. The maximum absolute atomic E-state index is 13.2. The zero-order chi connectivity index (χ0) is 42.7. The smallest absolute Gasteiger partial charge is 0.358 e. The van der Waals surface area contributed by atoms with Gasteiger partial charge in [0.1, 0.15) is 32.2 Å². The van der Waals surface area contributed by atoms with Gasteiger partial charge >= 0.3 is 20.2 Å². The zero-order valence-corrected chi connectivity index (χ0v) is 35.6. The minimum absolute atomic E-state index is 0.0106. The second-order valence-corrected chi connectivity index (χ2v) is 19.3. The van der Waals surface area contributed by atoms with E-state index in [0.717, 1.165) is 53.0 Å². The molecule has 0 amide bonds. The van der Waals surface area contributed by atoms with Gasteiger partial charge in [-0.1, -0.05) is 117 Å². The van der Waals surface area contributed by atoms with Crippen molar-refractivity contribution in [2.24, 2.45) is 16.5 Å². The topological polar surface area (TPSA) is 172 Å². The maximum atomic E-state index is 13.2. The van der Waals surface area contributed by atoms with Gasteiger partial charge in [-0.15, -0.1) is 11.3 Å². The molecule has 308 valence electrons. The van der Waals surface area contributed by atoms with Crippen molar-refractivity contribution in [1.29, 1.82) is 0 Å². The number of thiazole rings is 1. The molecule has 0 saturated heterocycles. The van der Waals surface area contributed by atoms with Gasteiger partial charge in [0.15, 0.2) is 22.9 Å². The Morgan fingerprint density at radius 3 is 2.12 bits per heavy atom.